The molecule has 24 heavy (non-hydrogen) atoms. The number of anilines is 2. The van der Waals surface area contributed by atoms with E-state index in [2.05, 4.69) is 20.5 Å². The Morgan fingerprint density at radius 1 is 1.25 bits per heavy atom. The molecule has 2 rings (SSSR count). The number of hydrogen-bond acceptors (Lipinski definition) is 5. The molecule has 0 bridgehead atoms. The predicted molar refractivity (Wildman–Crippen MR) is 96.8 cm³/mol. The van der Waals surface area contributed by atoms with Crippen LogP contribution in [0.1, 0.15) is 17.4 Å². The van der Waals surface area contributed by atoms with Crippen LogP contribution in [0.2, 0.25) is 0 Å². The Bertz CT molecular complexity index is 674. The van der Waals surface area contributed by atoms with Crippen LogP contribution in [0.4, 0.5) is 11.4 Å². The molecular weight excluding hydrogens is 304 g/mol. The number of nitrogens with one attached hydrogen (secondary N) is 2. The predicted octanol–water partition coefficient (Wildman–Crippen LogP) is 2.71. The zero-order valence-electron chi connectivity index (χ0n) is 14.4. The van der Waals surface area contributed by atoms with Gasteiger partial charge in [-0.25, -0.2) is 0 Å². The van der Waals surface area contributed by atoms with E-state index in [1.807, 2.05) is 51.4 Å². The van der Waals surface area contributed by atoms with Gasteiger partial charge in [0.25, 0.3) is 5.91 Å². The molecule has 0 aliphatic heterocycles. The van der Waals surface area contributed by atoms with Crippen molar-refractivity contribution in [2.75, 3.05) is 44.4 Å². The highest BCUT2D eigenvalue weighted by atomic mass is 16.5. The number of rotatable bonds is 8. The Hall–Kier alpha value is -2.60. The topological polar surface area (TPSA) is 66.5 Å². The summed E-state index contributed by atoms with van der Waals surface area (Å²) < 4.78 is 5.52. The summed E-state index contributed by atoms with van der Waals surface area (Å²) in [6.07, 6.45) is 1.63. The van der Waals surface area contributed by atoms with Crippen LogP contribution in [-0.4, -0.2) is 49.6 Å². The zero-order valence-corrected chi connectivity index (χ0v) is 14.4. The van der Waals surface area contributed by atoms with Crippen LogP contribution < -0.4 is 15.4 Å². The van der Waals surface area contributed by atoms with Gasteiger partial charge in [0, 0.05) is 25.0 Å². The standard InChI is InChI=1S/C18H24N4O2/c1-4-24-17-8-6-5-7-15(17)21-18(23)16-13-14(9-10-20-16)19-11-12-22(2)3/h5-10,13H,4,11-12H2,1-3H3,(H,19,20)(H,21,23). The first-order valence-corrected chi connectivity index (χ1v) is 7.98. The van der Waals surface area contributed by atoms with Crippen LogP contribution in [0.5, 0.6) is 5.75 Å². The maximum absolute atomic E-state index is 12.4. The first-order valence-electron chi connectivity index (χ1n) is 7.98. The van der Waals surface area contributed by atoms with E-state index < -0.39 is 0 Å². The molecule has 0 aliphatic rings. The highest BCUT2D eigenvalue weighted by molar-refractivity contribution is 6.04. The van der Waals surface area contributed by atoms with Crippen LogP contribution in [0.3, 0.4) is 0 Å². The fourth-order valence-corrected chi connectivity index (χ4v) is 2.13. The van der Waals surface area contributed by atoms with Crippen molar-refractivity contribution in [2.45, 2.75) is 6.92 Å². The smallest absolute Gasteiger partial charge is 0.274 e. The number of nitrogens with zero attached hydrogens (tertiary/aromatic N) is 2. The molecule has 0 fully saturated rings. The second kappa shape index (κ2) is 8.88. The van der Waals surface area contributed by atoms with E-state index in [1.165, 1.54) is 0 Å². The van der Waals surface area contributed by atoms with Gasteiger partial charge in [0.2, 0.25) is 0 Å². The van der Waals surface area contributed by atoms with E-state index >= 15 is 0 Å². The largest absolute Gasteiger partial charge is 0.492 e. The molecule has 1 amide bonds. The lowest BCUT2D eigenvalue weighted by Gasteiger charge is -2.13. The average Bonchev–Trinajstić information content (AvgIpc) is 2.57. The summed E-state index contributed by atoms with van der Waals surface area (Å²) in [6, 6.07) is 10.9. The number of carbonyl (C=O) groups is 1. The van der Waals surface area contributed by atoms with Gasteiger partial charge in [-0.3, -0.25) is 9.78 Å². The number of ether oxygens (including phenoxy) is 1. The summed E-state index contributed by atoms with van der Waals surface area (Å²) in [4.78, 5) is 18.7. The fraction of sp³-hybridized carbons (Fsp3) is 0.333. The minimum absolute atomic E-state index is 0.265. The first kappa shape index (κ1) is 17.7. The summed E-state index contributed by atoms with van der Waals surface area (Å²) >= 11 is 0. The third-order valence-corrected chi connectivity index (χ3v) is 3.32. The number of carbonyl (C=O) groups excluding carboxylic acids is 1. The highest BCUT2D eigenvalue weighted by Crippen LogP contribution is 2.24. The van der Waals surface area contributed by atoms with Crippen LogP contribution in [0, 0.1) is 0 Å². The molecule has 6 heteroatoms. The maximum atomic E-state index is 12.4. The molecule has 1 aromatic heterocycles. The van der Waals surface area contributed by atoms with Gasteiger partial charge in [0.1, 0.15) is 11.4 Å². The molecule has 128 valence electrons. The van der Waals surface area contributed by atoms with Crippen LogP contribution in [0.15, 0.2) is 42.6 Å². The highest BCUT2D eigenvalue weighted by Gasteiger charge is 2.11. The summed E-state index contributed by atoms with van der Waals surface area (Å²) in [6.45, 7) is 4.15. The second-order valence-corrected chi connectivity index (χ2v) is 5.54. The summed E-state index contributed by atoms with van der Waals surface area (Å²) in [5.41, 5.74) is 1.86. The van der Waals surface area contributed by atoms with Gasteiger partial charge in [-0.05, 0) is 45.3 Å². The van der Waals surface area contributed by atoms with E-state index in [4.69, 9.17) is 4.74 Å². The minimum Gasteiger partial charge on any atom is -0.492 e. The van der Waals surface area contributed by atoms with Crippen LogP contribution in [-0.2, 0) is 0 Å². The van der Waals surface area contributed by atoms with Crippen molar-refractivity contribution in [1.29, 1.82) is 0 Å². The SMILES string of the molecule is CCOc1ccccc1NC(=O)c1cc(NCCN(C)C)ccn1. The lowest BCUT2D eigenvalue weighted by Crippen LogP contribution is -2.21. The van der Waals surface area contributed by atoms with Crippen molar-refractivity contribution >= 4 is 17.3 Å². The Morgan fingerprint density at radius 3 is 2.79 bits per heavy atom. The number of pyridine rings is 1. The lowest BCUT2D eigenvalue weighted by atomic mass is 10.2. The number of likely N-dealkylation sites (N-methyl/N-ethyl adjacent to an activating group) is 1. The third kappa shape index (κ3) is 5.24. The molecule has 0 saturated heterocycles. The Balaban J connectivity index is 2.05. The van der Waals surface area contributed by atoms with Gasteiger partial charge >= 0.3 is 0 Å². The van der Waals surface area contributed by atoms with Crippen molar-refractivity contribution in [1.82, 2.24) is 9.88 Å². The van der Waals surface area contributed by atoms with Gasteiger partial charge in [0.15, 0.2) is 0 Å². The minimum atomic E-state index is -0.265. The number of hydrogen-bond donors (Lipinski definition) is 2. The molecule has 0 atom stereocenters. The number of benzene rings is 1. The summed E-state index contributed by atoms with van der Waals surface area (Å²) in [5.74, 6) is 0.382. The Kier molecular flexibility index (Phi) is 6.57. The van der Waals surface area contributed by atoms with Crippen LogP contribution >= 0.6 is 0 Å². The molecule has 6 nitrogen and oxygen atoms in total. The number of para-hydroxylation sites is 2. The van der Waals surface area contributed by atoms with Gasteiger partial charge < -0.3 is 20.3 Å². The molecular formula is C18H24N4O2. The first-order chi connectivity index (χ1) is 11.6. The van der Waals surface area contributed by atoms with Crippen molar-refractivity contribution in [2.24, 2.45) is 0 Å². The van der Waals surface area contributed by atoms with E-state index in [9.17, 15) is 4.79 Å². The Labute approximate surface area is 142 Å². The average molecular weight is 328 g/mol. The maximum Gasteiger partial charge on any atom is 0.274 e. The van der Waals surface area contributed by atoms with E-state index in [-0.39, 0.29) is 5.91 Å². The number of amides is 1. The normalized spacial score (nSPS) is 10.5. The quantitative estimate of drug-likeness (QED) is 0.780. The van der Waals surface area contributed by atoms with E-state index in [0.717, 1.165) is 18.8 Å². The van der Waals surface area contributed by atoms with Crippen molar-refractivity contribution in [3.8, 4) is 5.75 Å². The van der Waals surface area contributed by atoms with E-state index in [0.29, 0.717) is 23.7 Å². The van der Waals surface area contributed by atoms with Gasteiger partial charge in [-0.2, -0.15) is 0 Å². The molecule has 1 heterocycles. The van der Waals surface area contributed by atoms with Crippen molar-refractivity contribution in [3.63, 3.8) is 0 Å². The lowest BCUT2D eigenvalue weighted by molar-refractivity contribution is 0.102. The molecule has 0 aliphatic carbocycles. The van der Waals surface area contributed by atoms with Gasteiger partial charge in [-0.15, -0.1) is 0 Å². The molecule has 0 saturated carbocycles. The third-order valence-electron chi connectivity index (χ3n) is 3.32. The molecule has 0 radical (unpaired) electrons. The molecule has 2 N–H and O–H groups in total. The molecule has 2 aromatic rings. The Morgan fingerprint density at radius 2 is 2.04 bits per heavy atom. The number of aromatic nitrogens is 1. The monoisotopic (exact) mass is 328 g/mol. The van der Waals surface area contributed by atoms with Gasteiger partial charge in [0.05, 0.1) is 12.3 Å². The fourth-order valence-electron chi connectivity index (χ4n) is 2.13. The van der Waals surface area contributed by atoms with Crippen molar-refractivity contribution < 1.29 is 9.53 Å². The van der Waals surface area contributed by atoms with Gasteiger partial charge in [-0.1, -0.05) is 12.1 Å². The van der Waals surface area contributed by atoms with Crippen LogP contribution in [0.25, 0.3) is 0 Å². The van der Waals surface area contributed by atoms with Crippen molar-refractivity contribution in [3.05, 3.63) is 48.3 Å². The van der Waals surface area contributed by atoms with E-state index in [1.54, 1.807) is 12.3 Å². The molecule has 0 unspecified atom stereocenters. The molecule has 0 spiro atoms. The second-order valence-electron chi connectivity index (χ2n) is 5.54. The summed E-state index contributed by atoms with van der Waals surface area (Å²) in [5, 5.41) is 6.13. The molecule has 1 aromatic carbocycles. The summed E-state index contributed by atoms with van der Waals surface area (Å²) in [7, 11) is 4.03. The zero-order chi connectivity index (χ0) is 17.4.